The molecule has 4 rings (SSSR count). The number of nitrogens with one attached hydrogen (secondary N) is 3. The van der Waals surface area contributed by atoms with Crippen molar-refractivity contribution >= 4 is 46.8 Å². The van der Waals surface area contributed by atoms with Crippen molar-refractivity contribution in [1.29, 1.82) is 0 Å². The molecule has 0 fully saturated rings. The highest BCUT2D eigenvalue weighted by Gasteiger charge is 2.30. The standard InChI is InChI=1S/C42H53FN10O5S/c1-3-26(2)36(44)39(57)51-33(22-28-16-18-30(43)19-17-28)40-52-34(25-59-40)41(58)53(23-29-13-8-5-9-14-29)24-35(54)49-31(15-10-20-48-42(46)47)38(56)50-32(37(45)55)21-27-11-6-4-7-12-27/h4-9,11-14,16-19,25-26,31-33,36H,3,10,15,20-24,44H2,1-2H3,(H2,45,55)(H,49,54)(H,50,56)(H,51,57)(H4,46,47,48)/t26-,31+,32+,33+,36+/m1/s1. The lowest BCUT2D eigenvalue weighted by Gasteiger charge is -2.25. The van der Waals surface area contributed by atoms with Gasteiger partial charge < -0.3 is 43.8 Å². The second-order valence-electron chi connectivity index (χ2n) is 14.2. The Bertz CT molecular complexity index is 2030. The summed E-state index contributed by atoms with van der Waals surface area (Å²) in [5.74, 6) is -3.69. The van der Waals surface area contributed by atoms with Crippen molar-refractivity contribution in [2.45, 2.75) is 76.7 Å². The van der Waals surface area contributed by atoms with Crippen molar-refractivity contribution in [1.82, 2.24) is 25.8 Å². The Morgan fingerprint density at radius 2 is 1.44 bits per heavy atom. The number of halogens is 1. The number of nitrogens with zero attached hydrogens (tertiary/aromatic N) is 3. The highest BCUT2D eigenvalue weighted by Crippen LogP contribution is 2.25. The number of aliphatic imine (C=N–C) groups is 1. The Labute approximate surface area is 347 Å². The largest absolute Gasteiger partial charge is 0.370 e. The minimum absolute atomic E-state index is 0.0155. The lowest BCUT2D eigenvalue weighted by molar-refractivity contribution is -0.131. The maximum absolute atomic E-state index is 14.2. The molecular formula is C42H53FN10O5S. The number of hydrogen-bond acceptors (Lipinski definition) is 9. The highest BCUT2D eigenvalue weighted by atomic mass is 32.1. The number of carbonyl (C=O) groups is 5. The van der Waals surface area contributed by atoms with Crippen LogP contribution in [0.1, 0.15) is 71.3 Å². The van der Waals surface area contributed by atoms with Crippen LogP contribution in [0.4, 0.5) is 4.39 Å². The molecule has 5 amide bonds. The van der Waals surface area contributed by atoms with Crippen molar-refractivity contribution in [3.63, 3.8) is 0 Å². The molecule has 0 bridgehead atoms. The minimum Gasteiger partial charge on any atom is -0.370 e. The van der Waals surface area contributed by atoms with Crippen molar-refractivity contribution in [3.05, 3.63) is 124 Å². The summed E-state index contributed by atoms with van der Waals surface area (Å²) in [7, 11) is 0. The number of nitrogens with two attached hydrogens (primary N) is 4. The molecule has 59 heavy (non-hydrogen) atoms. The predicted octanol–water partition coefficient (Wildman–Crippen LogP) is 2.45. The van der Waals surface area contributed by atoms with Gasteiger partial charge in [0.05, 0.1) is 12.1 Å². The molecule has 3 aromatic carbocycles. The maximum Gasteiger partial charge on any atom is 0.274 e. The Kier molecular flexibility index (Phi) is 17.5. The summed E-state index contributed by atoms with van der Waals surface area (Å²) < 4.78 is 13.7. The molecule has 0 radical (unpaired) electrons. The first-order valence-corrected chi connectivity index (χ1v) is 20.2. The molecule has 0 saturated heterocycles. The molecule has 0 spiro atoms. The second-order valence-corrected chi connectivity index (χ2v) is 15.1. The zero-order valence-electron chi connectivity index (χ0n) is 33.2. The van der Waals surface area contributed by atoms with Crippen LogP contribution in [-0.4, -0.2) is 76.6 Å². The van der Waals surface area contributed by atoms with Gasteiger partial charge >= 0.3 is 0 Å². The van der Waals surface area contributed by atoms with Crippen molar-refractivity contribution < 1.29 is 28.4 Å². The third kappa shape index (κ3) is 14.6. The average molecular weight is 829 g/mol. The van der Waals surface area contributed by atoms with Gasteiger partial charge in [-0.25, -0.2) is 9.37 Å². The monoisotopic (exact) mass is 828 g/mol. The molecule has 1 aromatic heterocycles. The van der Waals surface area contributed by atoms with Gasteiger partial charge in [-0.2, -0.15) is 0 Å². The van der Waals surface area contributed by atoms with E-state index >= 15 is 0 Å². The molecule has 15 nitrogen and oxygen atoms in total. The van der Waals surface area contributed by atoms with Gasteiger partial charge in [-0.1, -0.05) is 93.1 Å². The summed E-state index contributed by atoms with van der Waals surface area (Å²) in [5, 5.41) is 10.3. The molecule has 1 heterocycles. The number of guanidine groups is 1. The summed E-state index contributed by atoms with van der Waals surface area (Å²) in [6, 6.07) is 20.2. The molecule has 5 atom stereocenters. The molecule has 0 aliphatic heterocycles. The third-order valence-electron chi connectivity index (χ3n) is 9.65. The van der Waals surface area contributed by atoms with Gasteiger partial charge in [-0.05, 0) is 54.0 Å². The SMILES string of the molecule is CC[C@@H](C)[C@H](N)C(=O)N[C@@H](Cc1ccc(F)cc1)c1nc(C(=O)N(CC(=O)N[C@@H](CCCN=C(N)N)C(=O)N[C@@H](Cc2ccccc2)C(N)=O)Cc2ccccc2)cs1. The maximum atomic E-state index is 14.2. The normalized spacial score (nSPS) is 13.5. The van der Waals surface area contributed by atoms with Crippen molar-refractivity contribution in [2.24, 2.45) is 33.8 Å². The van der Waals surface area contributed by atoms with Gasteiger partial charge in [0.1, 0.15) is 35.1 Å². The molecule has 0 unspecified atom stereocenters. The zero-order chi connectivity index (χ0) is 42.9. The van der Waals surface area contributed by atoms with Crippen LogP contribution in [0.25, 0.3) is 0 Å². The van der Waals surface area contributed by atoms with Crippen molar-refractivity contribution in [2.75, 3.05) is 13.1 Å². The van der Waals surface area contributed by atoms with Crippen LogP contribution in [0, 0.1) is 11.7 Å². The smallest absolute Gasteiger partial charge is 0.274 e. The molecule has 0 aliphatic carbocycles. The first kappa shape index (κ1) is 45.5. The van der Waals surface area contributed by atoms with Crippen LogP contribution in [0.3, 0.4) is 0 Å². The molecule has 11 N–H and O–H groups in total. The number of benzene rings is 3. The Hall–Kier alpha value is -6.20. The quantitative estimate of drug-likeness (QED) is 0.0349. The molecule has 314 valence electrons. The average Bonchev–Trinajstić information content (AvgIpc) is 3.72. The number of amides is 5. The van der Waals surface area contributed by atoms with E-state index in [-0.39, 0.29) is 49.9 Å². The van der Waals surface area contributed by atoms with E-state index in [1.807, 2.05) is 26.0 Å². The number of hydrogen-bond donors (Lipinski definition) is 7. The van der Waals surface area contributed by atoms with Crippen LogP contribution in [-0.2, 0) is 38.6 Å². The van der Waals surface area contributed by atoms with Crippen LogP contribution < -0.4 is 38.9 Å². The van der Waals surface area contributed by atoms with Crippen LogP contribution in [0.15, 0.2) is 95.3 Å². The molecule has 0 aliphatic rings. The summed E-state index contributed by atoms with van der Waals surface area (Å²) >= 11 is 1.15. The number of rotatable bonds is 22. The summed E-state index contributed by atoms with van der Waals surface area (Å²) in [5.41, 5.74) is 25.1. The third-order valence-corrected chi connectivity index (χ3v) is 10.6. The predicted molar refractivity (Wildman–Crippen MR) is 225 cm³/mol. The topological polar surface area (TPSA) is 254 Å². The fourth-order valence-corrected chi connectivity index (χ4v) is 6.92. The minimum atomic E-state index is -1.15. The number of primary amides is 1. The van der Waals surface area contributed by atoms with Crippen LogP contribution in [0.2, 0.25) is 0 Å². The van der Waals surface area contributed by atoms with Gasteiger partial charge in [0.15, 0.2) is 5.96 Å². The van der Waals surface area contributed by atoms with E-state index in [9.17, 15) is 28.4 Å². The fraction of sp³-hybridized carbons (Fsp3) is 0.357. The second kappa shape index (κ2) is 22.7. The highest BCUT2D eigenvalue weighted by molar-refractivity contribution is 7.09. The van der Waals surface area contributed by atoms with Gasteiger partial charge in [-0.15, -0.1) is 11.3 Å². The molecular weight excluding hydrogens is 776 g/mol. The van der Waals surface area contributed by atoms with Gasteiger partial charge in [0, 0.05) is 24.9 Å². The van der Waals surface area contributed by atoms with Gasteiger partial charge in [0.25, 0.3) is 5.91 Å². The Morgan fingerprint density at radius 1 is 0.814 bits per heavy atom. The summed E-state index contributed by atoms with van der Waals surface area (Å²) in [6.07, 6.45) is 1.44. The van der Waals surface area contributed by atoms with E-state index in [1.165, 1.54) is 17.0 Å². The Morgan fingerprint density at radius 3 is 2.05 bits per heavy atom. The first-order chi connectivity index (χ1) is 28.2. The van der Waals surface area contributed by atoms with Gasteiger partial charge in [-0.3, -0.25) is 29.0 Å². The Balaban J connectivity index is 1.58. The fourth-order valence-electron chi connectivity index (χ4n) is 6.08. The lowest BCUT2D eigenvalue weighted by atomic mass is 9.98. The van der Waals surface area contributed by atoms with E-state index in [1.54, 1.807) is 66.0 Å². The molecule has 17 heteroatoms. The molecule has 4 aromatic rings. The first-order valence-electron chi connectivity index (χ1n) is 19.3. The van der Waals surface area contributed by atoms with Crippen LogP contribution in [0.5, 0.6) is 0 Å². The van der Waals surface area contributed by atoms with E-state index in [2.05, 4.69) is 25.9 Å². The molecule has 0 saturated carbocycles. The van der Waals surface area contributed by atoms with E-state index in [0.29, 0.717) is 17.8 Å². The lowest BCUT2D eigenvalue weighted by Crippen LogP contribution is -2.55. The van der Waals surface area contributed by atoms with Crippen LogP contribution >= 0.6 is 11.3 Å². The van der Waals surface area contributed by atoms with E-state index in [4.69, 9.17) is 22.9 Å². The summed E-state index contributed by atoms with van der Waals surface area (Å²) in [4.78, 5) is 77.3. The van der Waals surface area contributed by atoms with E-state index in [0.717, 1.165) is 28.0 Å². The summed E-state index contributed by atoms with van der Waals surface area (Å²) in [6.45, 7) is 3.53. The van der Waals surface area contributed by atoms with Gasteiger partial charge in [0.2, 0.25) is 23.6 Å². The number of aromatic nitrogens is 1. The number of thiazole rings is 1. The number of carbonyl (C=O) groups excluding carboxylic acids is 5. The zero-order valence-corrected chi connectivity index (χ0v) is 34.0. The van der Waals surface area contributed by atoms with Crippen molar-refractivity contribution in [3.8, 4) is 0 Å². The van der Waals surface area contributed by atoms with E-state index < -0.39 is 66.1 Å².